The minimum absolute atomic E-state index is 1.26. The van der Waals surface area contributed by atoms with Crippen LogP contribution in [0.4, 0.5) is 0 Å². The van der Waals surface area contributed by atoms with Crippen molar-refractivity contribution in [2.75, 3.05) is 0 Å². The highest BCUT2D eigenvalue weighted by atomic mass is 14.0. The molecule has 0 aliphatic rings. The summed E-state index contributed by atoms with van der Waals surface area (Å²) in [5.41, 5.74) is 3.90. The second kappa shape index (κ2) is 4.36. The van der Waals surface area contributed by atoms with Crippen molar-refractivity contribution in [3.63, 3.8) is 0 Å². The molecule has 2 aromatic carbocycles. The Balaban J connectivity index is 2.67. The molecule has 0 N–H and O–H groups in total. The highest BCUT2D eigenvalue weighted by molar-refractivity contribution is 5.88. The van der Waals surface area contributed by atoms with Gasteiger partial charge >= 0.3 is 0 Å². The van der Waals surface area contributed by atoms with E-state index in [2.05, 4.69) is 56.8 Å². The largest absolute Gasteiger partial charge is 0.0991 e. The Morgan fingerprint density at radius 1 is 1.06 bits per heavy atom. The zero-order chi connectivity index (χ0) is 11.5. The lowest BCUT2D eigenvalue weighted by Crippen LogP contribution is -1.84. The van der Waals surface area contributed by atoms with Crippen molar-refractivity contribution in [3.8, 4) is 0 Å². The van der Waals surface area contributed by atoms with Crippen molar-refractivity contribution in [2.24, 2.45) is 0 Å². The van der Waals surface area contributed by atoms with Gasteiger partial charge in [-0.1, -0.05) is 49.1 Å². The van der Waals surface area contributed by atoms with Gasteiger partial charge in [-0.2, -0.15) is 0 Å². The summed E-state index contributed by atoms with van der Waals surface area (Å²) < 4.78 is 0. The molecule has 0 fully saturated rings. The van der Waals surface area contributed by atoms with Crippen LogP contribution in [0.3, 0.4) is 0 Å². The molecule has 0 saturated carbocycles. The number of rotatable bonds is 2. The van der Waals surface area contributed by atoms with Gasteiger partial charge in [-0.15, -0.1) is 0 Å². The van der Waals surface area contributed by atoms with Crippen LogP contribution in [0.5, 0.6) is 0 Å². The first-order valence-electron chi connectivity index (χ1n) is 5.51. The van der Waals surface area contributed by atoms with Crippen molar-refractivity contribution in [1.29, 1.82) is 0 Å². The highest BCUT2D eigenvalue weighted by Gasteiger charge is 2.00. The van der Waals surface area contributed by atoms with Crippen LogP contribution >= 0.6 is 0 Å². The van der Waals surface area contributed by atoms with Gasteiger partial charge in [0.05, 0.1) is 0 Å². The van der Waals surface area contributed by atoms with Crippen LogP contribution in [0, 0.1) is 13.8 Å². The Hall–Kier alpha value is -1.82. The van der Waals surface area contributed by atoms with E-state index in [-0.39, 0.29) is 0 Å². The van der Waals surface area contributed by atoms with E-state index in [0.29, 0.717) is 0 Å². The van der Waals surface area contributed by atoms with E-state index in [1.54, 1.807) is 6.08 Å². The summed E-state index contributed by atoms with van der Waals surface area (Å²) in [6.07, 6.45) is 5.88. The molecule has 80 valence electrons. The van der Waals surface area contributed by atoms with Crippen LogP contribution in [0.25, 0.3) is 16.8 Å². The average Bonchev–Trinajstić information content (AvgIpc) is 2.28. The SMILES string of the molecule is C=C/C=C\c1cc2cccc(C)c2cc1C. The van der Waals surface area contributed by atoms with E-state index in [4.69, 9.17) is 0 Å². The van der Waals surface area contributed by atoms with Crippen LogP contribution in [0.15, 0.2) is 49.1 Å². The van der Waals surface area contributed by atoms with E-state index in [1.807, 2.05) is 6.08 Å². The maximum atomic E-state index is 3.70. The van der Waals surface area contributed by atoms with Gasteiger partial charge in [0.15, 0.2) is 0 Å². The maximum Gasteiger partial charge on any atom is -0.0152 e. The van der Waals surface area contributed by atoms with Crippen molar-refractivity contribution in [3.05, 3.63) is 65.8 Å². The number of hydrogen-bond acceptors (Lipinski definition) is 0. The van der Waals surface area contributed by atoms with Crippen LogP contribution in [0.1, 0.15) is 16.7 Å². The Morgan fingerprint density at radius 3 is 2.62 bits per heavy atom. The zero-order valence-electron chi connectivity index (χ0n) is 9.83. The molecular weight excluding hydrogens is 192 g/mol. The Bertz CT molecular complexity index is 560. The molecule has 0 unspecified atom stereocenters. The summed E-state index contributed by atoms with van der Waals surface area (Å²) in [6.45, 7) is 8.00. The summed E-state index contributed by atoms with van der Waals surface area (Å²) in [5.74, 6) is 0. The number of benzene rings is 2. The third-order valence-electron chi connectivity index (χ3n) is 2.90. The fourth-order valence-electron chi connectivity index (χ4n) is 1.96. The van der Waals surface area contributed by atoms with Crippen LogP contribution in [-0.4, -0.2) is 0 Å². The molecular formula is C16H16. The van der Waals surface area contributed by atoms with Gasteiger partial charge in [0.2, 0.25) is 0 Å². The minimum atomic E-state index is 1.26. The lowest BCUT2D eigenvalue weighted by atomic mass is 9.98. The summed E-state index contributed by atoms with van der Waals surface area (Å²) >= 11 is 0. The van der Waals surface area contributed by atoms with E-state index >= 15 is 0 Å². The fraction of sp³-hybridized carbons (Fsp3) is 0.125. The summed E-state index contributed by atoms with van der Waals surface area (Å²) in [6, 6.07) is 10.9. The highest BCUT2D eigenvalue weighted by Crippen LogP contribution is 2.23. The molecule has 2 aromatic rings. The minimum Gasteiger partial charge on any atom is -0.0991 e. The molecule has 16 heavy (non-hydrogen) atoms. The first-order valence-corrected chi connectivity index (χ1v) is 5.51. The zero-order valence-corrected chi connectivity index (χ0v) is 9.83. The lowest BCUT2D eigenvalue weighted by molar-refractivity contribution is 1.45. The van der Waals surface area contributed by atoms with Gasteiger partial charge in [0, 0.05) is 0 Å². The third-order valence-corrected chi connectivity index (χ3v) is 2.90. The van der Waals surface area contributed by atoms with E-state index < -0.39 is 0 Å². The lowest BCUT2D eigenvalue weighted by Gasteiger charge is -2.06. The molecule has 0 aliphatic heterocycles. The summed E-state index contributed by atoms with van der Waals surface area (Å²) in [4.78, 5) is 0. The third kappa shape index (κ3) is 1.92. The number of hydrogen-bond donors (Lipinski definition) is 0. The average molecular weight is 208 g/mol. The monoisotopic (exact) mass is 208 g/mol. The summed E-state index contributed by atoms with van der Waals surface area (Å²) in [7, 11) is 0. The van der Waals surface area contributed by atoms with Crippen molar-refractivity contribution < 1.29 is 0 Å². The van der Waals surface area contributed by atoms with Gasteiger partial charge in [0.1, 0.15) is 0 Å². The van der Waals surface area contributed by atoms with Crippen molar-refractivity contribution in [2.45, 2.75) is 13.8 Å². The fourth-order valence-corrected chi connectivity index (χ4v) is 1.96. The second-order valence-corrected chi connectivity index (χ2v) is 4.10. The van der Waals surface area contributed by atoms with Gasteiger partial charge in [-0.05, 0) is 47.4 Å². The van der Waals surface area contributed by atoms with Crippen LogP contribution in [0.2, 0.25) is 0 Å². The molecule has 0 spiro atoms. The number of aryl methyl sites for hydroxylation is 2. The standard InChI is InChI=1S/C16H16/c1-4-5-8-14-11-15-9-6-7-12(2)16(15)10-13(14)3/h4-11H,1H2,2-3H3/b8-5-. The molecule has 0 aromatic heterocycles. The molecule has 0 atom stereocenters. The van der Waals surface area contributed by atoms with Crippen molar-refractivity contribution in [1.82, 2.24) is 0 Å². The predicted molar refractivity (Wildman–Crippen MR) is 72.7 cm³/mol. The quantitative estimate of drug-likeness (QED) is 0.630. The van der Waals surface area contributed by atoms with Crippen molar-refractivity contribution >= 4 is 16.8 Å². The Morgan fingerprint density at radius 2 is 1.88 bits per heavy atom. The molecule has 0 aliphatic carbocycles. The predicted octanol–water partition coefficient (Wildman–Crippen LogP) is 4.66. The Labute approximate surface area is 96.9 Å². The second-order valence-electron chi connectivity index (χ2n) is 4.10. The normalized spacial score (nSPS) is 11.1. The first-order chi connectivity index (χ1) is 7.72. The molecule has 2 rings (SSSR count). The molecule has 0 amide bonds. The molecule has 0 heterocycles. The van der Waals surface area contributed by atoms with Gasteiger partial charge in [-0.3, -0.25) is 0 Å². The number of allylic oxidation sites excluding steroid dienone is 2. The van der Waals surface area contributed by atoms with Gasteiger partial charge in [0.25, 0.3) is 0 Å². The number of fused-ring (bicyclic) bond motifs is 1. The van der Waals surface area contributed by atoms with Gasteiger partial charge in [-0.25, -0.2) is 0 Å². The molecule has 0 saturated heterocycles. The maximum absolute atomic E-state index is 3.70. The van der Waals surface area contributed by atoms with Crippen LogP contribution in [-0.2, 0) is 0 Å². The Kier molecular flexibility index (Phi) is 2.91. The summed E-state index contributed by atoms with van der Waals surface area (Å²) in [5, 5.41) is 2.64. The molecule has 0 radical (unpaired) electrons. The van der Waals surface area contributed by atoms with E-state index in [1.165, 1.54) is 27.5 Å². The first kappa shape index (κ1) is 10.7. The van der Waals surface area contributed by atoms with E-state index in [9.17, 15) is 0 Å². The topological polar surface area (TPSA) is 0 Å². The molecule has 0 nitrogen and oxygen atoms in total. The van der Waals surface area contributed by atoms with Gasteiger partial charge < -0.3 is 0 Å². The molecule has 0 bridgehead atoms. The van der Waals surface area contributed by atoms with Crippen LogP contribution < -0.4 is 0 Å². The smallest absolute Gasteiger partial charge is 0.0152 e. The van der Waals surface area contributed by atoms with E-state index in [0.717, 1.165) is 0 Å². The molecule has 0 heteroatoms.